The van der Waals surface area contributed by atoms with Crippen LogP contribution in [0.1, 0.15) is 5.69 Å². The third-order valence-electron chi connectivity index (χ3n) is 2.24. The number of nitrogens with zero attached hydrogens (tertiary/aromatic N) is 2. The summed E-state index contributed by atoms with van der Waals surface area (Å²) in [6, 6.07) is 6.24. The van der Waals surface area contributed by atoms with Gasteiger partial charge < -0.3 is 9.72 Å². The number of imidazole rings is 1. The van der Waals surface area contributed by atoms with Crippen molar-refractivity contribution in [3.63, 3.8) is 0 Å². The lowest BCUT2D eigenvalue weighted by Crippen LogP contribution is -2.12. The van der Waals surface area contributed by atoms with Crippen molar-refractivity contribution in [2.45, 2.75) is 6.42 Å². The zero-order valence-electron chi connectivity index (χ0n) is 8.00. The summed E-state index contributed by atoms with van der Waals surface area (Å²) in [5.41, 5.74) is 2.40. The van der Waals surface area contributed by atoms with Crippen LogP contribution in [-0.4, -0.2) is 23.0 Å². The van der Waals surface area contributed by atoms with E-state index in [1.165, 1.54) is 5.69 Å². The molecule has 0 bridgehead atoms. The molecule has 14 heavy (non-hydrogen) atoms. The van der Waals surface area contributed by atoms with Crippen LogP contribution in [0.15, 0.2) is 29.1 Å². The Morgan fingerprint density at radius 2 is 2.36 bits per heavy atom. The first-order chi connectivity index (χ1) is 6.83. The number of fused-ring (bicyclic) bond motifs is 1. The first-order valence-corrected chi connectivity index (χ1v) is 5.37. The van der Waals surface area contributed by atoms with Gasteiger partial charge in [0, 0.05) is 18.7 Å². The molecular weight excluding hydrogens is 242 g/mol. The van der Waals surface area contributed by atoms with Crippen LogP contribution >= 0.6 is 15.9 Å². The Labute approximate surface area is 91.3 Å². The highest BCUT2D eigenvalue weighted by Crippen LogP contribution is 2.17. The lowest BCUT2D eigenvalue weighted by Gasteiger charge is -2.04. The van der Waals surface area contributed by atoms with Crippen molar-refractivity contribution in [1.82, 2.24) is 14.7 Å². The first-order valence-electron chi connectivity index (χ1n) is 4.58. The molecule has 74 valence electrons. The van der Waals surface area contributed by atoms with Gasteiger partial charge in [0.1, 0.15) is 10.9 Å². The van der Waals surface area contributed by atoms with E-state index in [0.717, 1.165) is 23.1 Å². The average molecular weight is 254 g/mol. The molecule has 0 saturated carbocycles. The van der Waals surface area contributed by atoms with Gasteiger partial charge in [-0.25, -0.2) is 4.98 Å². The largest absolute Gasteiger partial charge is 0.319 e. The van der Waals surface area contributed by atoms with Gasteiger partial charge in [-0.15, -0.1) is 0 Å². The standard InChI is InChI=1S/C10H12BrN3/c1-12-6-5-8-3-2-4-9-10(11)13-7-14(8)9/h2-4,7,12H,5-6H2,1H3. The van der Waals surface area contributed by atoms with Gasteiger partial charge in [-0.1, -0.05) is 6.07 Å². The maximum atomic E-state index is 4.22. The topological polar surface area (TPSA) is 29.3 Å². The van der Waals surface area contributed by atoms with Crippen LogP contribution in [0.25, 0.3) is 5.52 Å². The van der Waals surface area contributed by atoms with E-state index in [0.29, 0.717) is 0 Å². The smallest absolute Gasteiger partial charge is 0.131 e. The van der Waals surface area contributed by atoms with Gasteiger partial charge in [-0.05, 0) is 35.1 Å². The summed E-state index contributed by atoms with van der Waals surface area (Å²) >= 11 is 3.42. The molecule has 0 atom stereocenters. The molecular formula is C10H12BrN3. The molecule has 2 rings (SSSR count). The van der Waals surface area contributed by atoms with E-state index in [9.17, 15) is 0 Å². The quantitative estimate of drug-likeness (QED) is 0.905. The molecule has 2 aromatic heterocycles. The number of hydrogen-bond acceptors (Lipinski definition) is 2. The highest BCUT2D eigenvalue weighted by atomic mass is 79.9. The average Bonchev–Trinajstić information content (AvgIpc) is 2.58. The molecule has 0 radical (unpaired) electrons. The number of halogens is 1. The van der Waals surface area contributed by atoms with Crippen molar-refractivity contribution < 1.29 is 0 Å². The zero-order chi connectivity index (χ0) is 9.97. The zero-order valence-corrected chi connectivity index (χ0v) is 9.58. The number of rotatable bonds is 3. The first kappa shape index (κ1) is 9.68. The van der Waals surface area contributed by atoms with Crippen LogP contribution in [0, 0.1) is 0 Å². The van der Waals surface area contributed by atoms with Crippen LogP contribution in [0.3, 0.4) is 0 Å². The molecule has 0 saturated heterocycles. The second kappa shape index (κ2) is 4.11. The fourth-order valence-corrected chi connectivity index (χ4v) is 1.92. The third-order valence-corrected chi connectivity index (χ3v) is 2.85. The van der Waals surface area contributed by atoms with Crippen molar-refractivity contribution in [2.75, 3.05) is 13.6 Å². The van der Waals surface area contributed by atoms with E-state index in [-0.39, 0.29) is 0 Å². The monoisotopic (exact) mass is 253 g/mol. The lowest BCUT2D eigenvalue weighted by molar-refractivity contribution is 0.767. The normalized spacial score (nSPS) is 11.0. The minimum atomic E-state index is 0.906. The molecule has 2 heterocycles. The number of hydrogen-bond donors (Lipinski definition) is 1. The molecule has 1 N–H and O–H groups in total. The summed E-state index contributed by atoms with van der Waals surface area (Å²) in [6.45, 7) is 0.981. The number of pyridine rings is 1. The van der Waals surface area contributed by atoms with Gasteiger partial charge in [-0.2, -0.15) is 0 Å². The van der Waals surface area contributed by atoms with Crippen molar-refractivity contribution in [3.05, 3.63) is 34.8 Å². The Morgan fingerprint density at radius 1 is 1.50 bits per heavy atom. The van der Waals surface area contributed by atoms with Gasteiger partial charge in [0.25, 0.3) is 0 Å². The van der Waals surface area contributed by atoms with Crippen molar-refractivity contribution in [3.8, 4) is 0 Å². The maximum absolute atomic E-state index is 4.22. The summed E-state index contributed by atoms with van der Waals surface area (Å²) in [6.07, 6.45) is 2.86. The summed E-state index contributed by atoms with van der Waals surface area (Å²) in [5.74, 6) is 0. The van der Waals surface area contributed by atoms with E-state index in [4.69, 9.17) is 0 Å². The van der Waals surface area contributed by atoms with Crippen LogP contribution in [0.5, 0.6) is 0 Å². The van der Waals surface area contributed by atoms with Crippen LogP contribution in [0.4, 0.5) is 0 Å². The molecule has 0 spiro atoms. The molecule has 2 aromatic rings. The number of nitrogens with one attached hydrogen (secondary N) is 1. The molecule has 0 aliphatic rings. The highest BCUT2D eigenvalue weighted by molar-refractivity contribution is 9.10. The second-order valence-corrected chi connectivity index (χ2v) is 3.91. The molecule has 3 nitrogen and oxygen atoms in total. The van der Waals surface area contributed by atoms with Crippen LogP contribution in [-0.2, 0) is 6.42 Å². The minimum Gasteiger partial charge on any atom is -0.319 e. The molecule has 0 amide bonds. The predicted molar refractivity (Wildman–Crippen MR) is 60.5 cm³/mol. The molecule has 0 aliphatic carbocycles. The summed E-state index contributed by atoms with van der Waals surface area (Å²) in [5, 5.41) is 3.14. The van der Waals surface area contributed by atoms with Crippen molar-refractivity contribution in [2.24, 2.45) is 0 Å². The van der Waals surface area contributed by atoms with E-state index < -0.39 is 0 Å². The fraction of sp³-hybridized carbons (Fsp3) is 0.300. The predicted octanol–water partition coefficient (Wildman–Crippen LogP) is 1.86. The van der Waals surface area contributed by atoms with Gasteiger partial charge in [0.2, 0.25) is 0 Å². The van der Waals surface area contributed by atoms with Gasteiger partial charge in [0.15, 0.2) is 0 Å². The number of aromatic nitrogens is 2. The second-order valence-electron chi connectivity index (χ2n) is 3.16. The van der Waals surface area contributed by atoms with Crippen LogP contribution < -0.4 is 5.32 Å². The Kier molecular flexibility index (Phi) is 2.84. The van der Waals surface area contributed by atoms with E-state index in [2.05, 4.69) is 48.8 Å². The molecule has 0 fully saturated rings. The van der Waals surface area contributed by atoms with Gasteiger partial charge >= 0.3 is 0 Å². The Bertz CT molecular complexity index is 436. The third kappa shape index (κ3) is 1.67. The lowest BCUT2D eigenvalue weighted by atomic mass is 10.2. The highest BCUT2D eigenvalue weighted by Gasteiger charge is 2.03. The van der Waals surface area contributed by atoms with Crippen LogP contribution in [0.2, 0.25) is 0 Å². The number of likely N-dealkylation sites (N-methyl/N-ethyl adjacent to an activating group) is 1. The van der Waals surface area contributed by atoms with Gasteiger partial charge in [0.05, 0.1) is 5.52 Å². The van der Waals surface area contributed by atoms with Crippen molar-refractivity contribution >= 4 is 21.4 Å². The fourth-order valence-electron chi connectivity index (χ4n) is 1.50. The van der Waals surface area contributed by atoms with Crippen molar-refractivity contribution in [1.29, 1.82) is 0 Å². The Morgan fingerprint density at radius 3 is 3.14 bits per heavy atom. The Balaban J connectivity index is 2.44. The van der Waals surface area contributed by atoms with E-state index >= 15 is 0 Å². The SMILES string of the molecule is CNCCc1cccc2c(Br)ncn12. The summed E-state index contributed by atoms with van der Waals surface area (Å²) < 4.78 is 3.02. The van der Waals surface area contributed by atoms with E-state index in [1.54, 1.807) is 0 Å². The summed E-state index contributed by atoms with van der Waals surface area (Å²) in [4.78, 5) is 4.22. The van der Waals surface area contributed by atoms with Gasteiger partial charge in [-0.3, -0.25) is 0 Å². The summed E-state index contributed by atoms with van der Waals surface area (Å²) in [7, 11) is 1.96. The minimum absolute atomic E-state index is 0.906. The Hall–Kier alpha value is -0.870. The molecule has 4 heteroatoms. The molecule has 0 aliphatic heterocycles. The molecule has 0 aromatic carbocycles. The van der Waals surface area contributed by atoms with E-state index in [1.807, 2.05) is 13.4 Å². The maximum Gasteiger partial charge on any atom is 0.131 e. The molecule has 0 unspecified atom stereocenters.